The molecule has 1 aromatic rings. The third-order valence-electron chi connectivity index (χ3n) is 3.40. The van der Waals surface area contributed by atoms with Crippen molar-refractivity contribution >= 4 is 0 Å². The topological polar surface area (TPSA) is 41.5 Å². The van der Waals surface area contributed by atoms with E-state index < -0.39 is 6.10 Å². The van der Waals surface area contributed by atoms with Crippen LogP contribution in [0.2, 0.25) is 0 Å². The molecule has 1 saturated heterocycles. The van der Waals surface area contributed by atoms with E-state index in [1.807, 2.05) is 12.1 Å². The summed E-state index contributed by atoms with van der Waals surface area (Å²) in [7, 11) is 0. The van der Waals surface area contributed by atoms with Gasteiger partial charge in [-0.3, -0.25) is 0 Å². The van der Waals surface area contributed by atoms with Crippen molar-refractivity contribution in [3.63, 3.8) is 0 Å². The molecule has 0 amide bonds. The molecule has 1 fully saturated rings. The Labute approximate surface area is 109 Å². The van der Waals surface area contributed by atoms with Crippen LogP contribution in [0.4, 0.5) is 0 Å². The van der Waals surface area contributed by atoms with Gasteiger partial charge in [0, 0.05) is 6.54 Å². The molecule has 1 heterocycles. The summed E-state index contributed by atoms with van der Waals surface area (Å²) < 4.78 is 5.85. The molecule has 3 nitrogen and oxygen atoms in total. The number of aliphatic hydroxyl groups excluding tert-OH is 1. The summed E-state index contributed by atoms with van der Waals surface area (Å²) >= 11 is 0. The maximum atomic E-state index is 9.83. The molecule has 18 heavy (non-hydrogen) atoms. The first-order chi connectivity index (χ1) is 8.47. The molecule has 2 atom stereocenters. The van der Waals surface area contributed by atoms with Crippen LogP contribution in [0.5, 0.6) is 5.75 Å². The summed E-state index contributed by atoms with van der Waals surface area (Å²) in [4.78, 5) is 0. The minimum Gasteiger partial charge on any atom is -0.488 e. The highest BCUT2D eigenvalue weighted by Crippen LogP contribution is 2.25. The number of rotatable bonds is 2. The Morgan fingerprint density at radius 2 is 1.89 bits per heavy atom. The Balaban J connectivity index is 2.02. The zero-order valence-corrected chi connectivity index (χ0v) is 11.4. The molecule has 3 heteroatoms. The summed E-state index contributed by atoms with van der Waals surface area (Å²) in [5.74, 6) is 0.842. The zero-order chi connectivity index (χ0) is 13.2. The van der Waals surface area contributed by atoms with Gasteiger partial charge >= 0.3 is 0 Å². The standard InChI is InChI=1S/C15H23NO2/c1-15(2,3)11-4-6-12(7-5-11)18-14-8-9-16-10-13(14)17/h4-7,13-14,16-17H,8-10H2,1-3H3/t13-,14-/m0/s1. The van der Waals surface area contributed by atoms with Crippen LogP contribution >= 0.6 is 0 Å². The largest absolute Gasteiger partial charge is 0.488 e. The van der Waals surface area contributed by atoms with E-state index in [0.29, 0.717) is 6.54 Å². The van der Waals surface area contributed by atoms with Gasteiger partial charge in [0.2, 0.25) is 0 Å². The minimum absolute atomic E-state index is 0.0910. The van der Waals surface area contributed by atoms with Gasteiger partial charge in [0.1, 0.15) is 18.0 Å². The van der Waals surface area contributed by atoms with Crippen molar-refractivity contribution in [2.75, 3.05) is 13.1 Å². The lowest BCUT2D eigenvalue weighted by Crippen LogP contribution is -2.46. The maximum absolute atomic E-state index is 9.83. The van der Waals surface area contributed by atoms with Gasteiger partial charge < -0.3 is 15.2 Å². The Kier molecular flexibility index (Phi) is 3.93. The molecule has 100 valence electrons. The van der Waals surface area contributed by atoms with Crippen molar-refractivity contribution in [3.8, 4) is 5.75 Å². The Morgan fingerprint density at radius 3 is 2.44 bits per heavy atom. The number of hydrogen-bond acceptors (Lipinski definition) is 3. The maximum Gasteiger partial charge on any atom is 0.127 e. The van der Waals surface area contributed by atoms with E-state index in [-0.39, 0.29) is 11.5 Å². The summed E-state index contributed by atoms with van der Waals surface area (Å²) in [6.45, 7) is 8.10. The second-order valence-electron chi connectivity index (χ2n) is 5.99. The van der Waals surface area contributed by atoms with Crippen LogP contribution in [0.25, 0.3) is 0 Å². The van der Waals surface area contributed by atoms with Gasteiger partial charge in [-0.05, 0) is 36.1 Å². The summed E-state index contributed by atoms with van der Waals surface area (Å²) in [5.41, 5.74) is 1.45. The van der Waals surface area contributed by atoms with Gasteiger partial charge in [-0.1, -0.05) is 32.9 Å². The Bertz CT molecular complexity index is 380. The van der Waals surface area contributed by atoms with E-state index in [9.17, 15) is 5.11 Å². The normalized spacial score (nSPS) is 24.9. The first kappa shape index (κ1) is 13.4. The number of β-amino-alcohol motifs (C(OH)–C–C–N with tert-alkyl or cyclic N) is 1. The second-order valence-corrected chi connectivity index (χ2v) is 5.99. The third-order valence-corrected chi connectivity index (χ3v) is 3.40. The second kappa shape index (κ2) is 5.29. The number of ether oxygens (including phenoxy) is 1. The highest BCUT2D eigenvalue weighted by molar-refractivity contribution is 5.31. The van der Waals surface area contributed by atoms with Gasteiger partial charge in [-0.25, -0.2) is 0 Å². The van der Waals surface area contributed by atoms with Crippen molar-refractivity contribution in [1.29, 1.82) is 0 Å². The molecule has 0 aromatic heterocycles. The molecule has 1 aliphatic rings. The lowest BCUT2D eigenvalue weighted by atomic mass is 9.87. The Hall–Kier alpha value is -1.06. The molecular weight excluding hydrogens is 226 g/mol. The molecule has 0 bridgehead atoms. The summed E-state index contributed by atoms with van der Waals surface area (Å²) in [6, 6.07) is 8.19. The van der Waals surface area contributed by atoms with E-state index in [4.69, 9.17) is 4.74 Å². The van der Waals surface area contributed by atoms with Crippen LogP contribution in [0.1, 0.15) is 32.8 Å². The molecule has 2 N–H and O–H groups in total. The quantitative estimate of drug-likeness (QED) is 0.843. The van der Waals surface area contributed by atoms with E-state index in [0.717, 1.165) is 18.7 Å². The predicted molar refractivity (Wildman–Crippen MR) is 73.1 cm³/mol. The smallest absolute Gasteiger partial charge is 0.127 e. The molecule has 1 aliphatic heterocycles. The average Bonchev–Trinajstić information content (AvgIpc) is 2.32. The monoisotopic (exact) mass is 249 g/mol. The van der Waals surface area contributed by atoms with Crippen molar-refractivity contribution in [2.24, 2.45) is 0 Å². The van der Waals surface area contributed by atoms with Crippen LogP contribution in [0.15, 0.2) is 24.3 Å². The molecule has 0 radical (unpaired) electrons. The van der Waals surface area contributed by atoms with Crippen LogP contribution in [0.3, 0.4) is 0 Å². The van der Waals surface area contributed by atoms with Crippen LogP contribution in [-0.4, -0.2) is 30.4 Å². The first-order valence-corrected chi connectivity index (χ1v) is 6.63. The summed E-state index contributed by atoms with van der Waals surface area (Å²) in [6.07, 6.45) is 0.343. The third kappa shape index (κ3) is 3.24. The molecule has 2 rings (SSSR count). The van der Waals surface area contributed by atoms with E-state index >= 15 is 0 Å². The van der Waals surface area contributed by atoms with Crippen molar-refractivity contribution in [3.05, 3.63) is 29.8 Å². The van der Waals surface area contributed by atoms with Crippen molar-refractivity contribution < 1.29 is 9.84 Å². The molecule has 0 saturated carbocycles. The van der Waals surface area contributed by atoms with Crippen molar-refractivity contribution in [2.45, 2.75) is 44.8 Å². The lowest BCUT2D eigenvalue weighted by Gasteiger charge is -2.29. The van der Waals surface area contributed by atoms with E-state index in [2.05, 4.69) is 38.2 Å². The van der Waals surface area contributed by atoms with Crippen molar-refractivity contribution in [1.82, 2.24) is 5.32 Å². The van der Waals surface area contributed by atoms with Crippen LogP contribution in [0, 0.1) is 0 Å². The van der Waals surface area contributed by atoms with Crippen LogP contribution < -0.4 is 10.1 Å². The Morgan fingerprint density at radius 1 is 1.22 bits per heavy atom. The molecule has 0 aliphatic carbocycles. The van der Waals surface area contributed by atoms with Gasteiger partial charge in [0.15, 0.2) is 0 Å². The van der Waals surface area contributed by atoms with E-state index in [1.54, 1.807) is 0 Å². The molecular formula is C15H23NO2. The fourth-order valence-corrected chi connectivity index (χ4v) is 2.16. The average molecular weight is 249 g/mol. The number of hydrogen-bond donors (Lipinski definition) is 2. The SMILES string of the molecule is CC(C)(C)c1ccc(O[C@H]2CCNC[C@@H]2O)cc1. The zero-order valence-electron chi connectivity index (χ0n) is 11.4. The first-order valence-electron chi connectivity index (χ1n) is 6.63. The number of piperidine rings is 1. The molecule has 0 unspecified atom stereocenters. The van der Waals surface area contributed by atoms with Gasteiger partial charge in [-0.2, -0.15) is 0 Å². The van der Waals surface area contributed by atoms with E-state index in [1.165, 1.54) is 5.56 Å². The van der Waals surface area contributed by atoms with Gasteiger partial charge in [0.25, 0.3) is 0 Å². The molecule has 0 spiro atoms. The number of aliphatic hydroxyl groups is 1. The number of benzene rings is 1. The van der Waals surface area contributed by atoms with Gasteiger partial charge in [0.05, 0.1) is 0 Å². The minimum atomic E-state index is -0.416. The summed E-state index contributed by atoms with van der Waals surface area (Å²) in [5, 5.41) is 13.0. The highest BCUT2D eigenvalue weighted by Gasteiger charge is 2.24. The van der Waals surface area contributed by atoms with Gasteiger partial charge in [-0.15, -0.1) is 0 Å². The highest BCUT2D eigenvalue weighted by atomic mass is 16.5. The number of nitrogens with one attached hydrogen (secondary N) is 1. The molecule has 1 aromatic carbocycles. The fourth-order valence-electron chi connectivity index (χ4n) is 2.16. The van der Waals surface area contributed by atoms with Crippen LogP contribution in [-0.2, 0) is 5.41 Å². The predicted octanol–water partition coefficient (Wildman–Crippen LogP) is 2.09. The fraction of sp³-hybridized carbons (Fsp3) is 0.600. The lowest BCUT2D eigenvalue weighted by molar-refractivity contribution is 0.0162.